The van der Waals surface area contributed by atoms with Crippen molar-refractivity contribution in [1.29, 1.82) is 0 Å². The Morgan fingerprint density at radius 2 is 1.97 bits per heavy atom. The van der Waals surface area contributed by atoms with Gasteiger partial charge in [-0.3, -0.25) is 15.8 Å². The number of allylic oxidation sites excluding steroid dienone is 8. The zero-order valence-electron chi connectivity index (χ0n) is 19.0. The Hall–Kier alpha value is -2.13. The molecule has 0 aliphatic carbocycles. The fraction of sp³-hybridized carbons (Fsp3) is 0.455. The molecule has 0 spiro atoms. The zero-order chi connectivity index (χ0) is 22.7. The van der Waals surface area contributed by atoms with E-state index in [-0.39, 0.29) is 6.04 Å². The van der Waals surface area contributed by atoms with Gasteiger partial charge in [0.25, 0.3) is 0 Å². The molecule has 168 valence electrons. The highest BCUT2D eigenvalue weighted by Crippen LogP contribution is 2.24. The van der Waals surface area contributed by atoms with E-state index >= 15 is 0 Å². The van der Waals surface area contributed by atoms with Gasteiger partial charge in [-0.1, -0.05) is 29.9 Å². The first-order chi connectivity index (χ1) is 14.1. The monoisotopic (exact) mass is 435 g/mol. The number of nitrogens with zero attached hydrogens (tertiary/aromatic N) is 2. The Morgan fingerprint density at radius 3 is 2.60 bits per heavy atom. The largest absolute Gasteiger partial charge is 0.388 e. The Morgan fingerprint density at radius 1 is 1.27 bits per heavy atom. The minimum Gasteiger partial charge on any atom is -0.388 e. The van der Waals surface area contributed by atoms with E-state index in [0.717, 1.165) is 46.4 Å². The molecule has 1 aliphatic heterocycles. The summed E-state index contributed by atoms with van der Waals surface area (Å²) in [7, 11) is 0. The van der Waals surface area contributed by atoms with Crippen LogP contribution in [-0.2, 0) is 0 Å². The summed E-state index contributed by atoms with van der Waals surface area (Å²) >= 11 is 0.702. The number of hydroxylamine groups is 1. The van der Waals surface area contributed by atoms with Crippen LogP contribution in [0.25, 0.3) is 0 Å². The van der Waals surface area contributed by atoms with E-state index in [1.54, 1.807) is 6.08 Å². The lowest BCUT2D eigenvalue weighted by molar-refractivity contribution is -0.0402. The van der Waals surface area contributed by atoms with Gasteiger partial charge in [-0.2, -0.15) is 4.47 Å². The first kappa shape index (κ1) is 25.9. The molecule has 0 saturated carbocycles. The molecule has 0 fully saturated rings. The third-order valence-electron chi connectivity index (χ3n) is 4.22. The van der Waals surface area contributed by atoms with Crippen molar-refractivity contribution in [3.8, 4) is 0 Å². The molecule has 1 aliphatic rings. The fourth-order valence-corrected chi connectivity index (χ4v) is 3.13. The molecule has 1 heterocycles. The Kier molecular flexibility index (Phi) is 11.4. The van der Waals surface area contributed by atoms with Crippen LogP contribution in [0.15, 0.2) is 70.9 Å². The molecule has 0 atom stereocenters. The summed E-state index contributed by atoms with van der Waals surface area (Å²) in [6.07, 6.45) is 11.4. The van der Waals surface area contributed by atoms with Crippen LogP contribution in [-0.4, -0.2) is 32.0 Å². The van der Waals surface area contributed by atoms with Gasteiger partial charge in [0.2, 0.25) is 0 Å². The maximum absolute atomic E-state index is 10.8. The lowest BCUT2D eigenvalue weighted by atomic mass is 10.1. The highest BCUT2D eigenvalue weighted by molar-refractivity contribution is 7.94. The molecule has 5 N–H and O–H groups in total. The molecular formula is C22H37N5O2S. The van der Waals surface area contributed by atoms with Crippen molar-refractivity contribution in [3.63, 3.8) is 0 Å². The minimum absolute atomic E-state index is 0.164. The summed E-state index contributed by atoms with van der Waals surface area (Å²) in [6.45, 7) is 16.8. The molecule has 1 rings (SSSR count). The van der Waals surface area contributed by atoms with Crippen LogP contribution in [0, 0.1) is 0 Å². The number of hydrogen-bond acceptors (Lipinski definition) is 8. The second-order valence-electron chi connectivity index (χ2n) is 7.58. The third kappa shape index (κ3) is 10.1. The van der Waals surface area contributed by atoms with Gasteiger partial charge in [-0.15, -0.1) is 0 Å². The van der Waals surface area contributed by atoms with E-state index in [2.05, 4.69) is 22.6 Å². The lowest BCUT2D eigenvalue weighted by Gasteiger charge is -2.26. The van der Waals surface area contributed by atoms with Gasteiger partial charge < -0.3 is 10.6 Å². The van der Waals surface area contributed by atoms with Crippen LogP contribution in [0.3, 0.4) is 0 Å². The minimum atomic E-state index is 0.164. The summed E-state index contributed by atoms with van der Waals surface area (Å²) in [4.78, 5) is 0. The summed E-state index contributed by atoms with van der Waals surface area (Å²) in [5.74, 6) is 0. The van der Waals surface area contributed by atoms with Crippen LogP contribution in [0.2, 0.25) is 0 Å². The van der Waals surface area contributed by atoms with Gasteiger partial charge in [-0.05, 0) is 77.2 Å². The smallest absolute Gasteiger partial charge is 0.117 e. The molecule has 0 radical (unpaired) electrons. The van der Waals surface area contributed by atoms with E-state index < -0.39 is 0 Å². The summed E-state index contributed by atoms with van der Waals surface area (Å²) in [5.41, 5.74) is 7.69. The molecule has 0 saturated heterocycles. The molecule has 0 aromatic rings. The zero-order valence-corrected chi connectivity index (χ0v) is 19.8. The molecule has 0 unspecified atom stereocenters. The number of nitrogens with one attached hydrogen (secondary N) is 3. The predicted molar refractivity (Wildman–Crippen MR) is 126 cm³/mol. The van der Waals surface area contributed by atoms with E-state index in [1.807, 2.05) is 65.8 Å². The van der Waals surface area contributed by atoms with E-state index in [1.165, 1.54) is 0 Å². The first-order valence-corrected chi connectivity index (χ1v) is 10.9. The third-order valence-corrected chi connectivity index (χ3v) is 4.82. The van der Waals surface area contributed by atoms with Crippen LogP contribution >= 0.6 is 12.1 Å². The SMILES string of the molecule is C=C(/C=C\C(C)=C\C)NN(O)SN(O)C1=C(NC(C)C)/C=C(\C)NCCC\C(C)=C\1. The first-order valence-electron chi connectivity index (χ1n) is 10.1. The Balaban J connectivity index is 3.08. The fourth-order valence-electron chi connectivity index (χ4n) is 2.59. The average molecular weight is 436 g/mol. The number of rotatable bonds is 9. The van der Waals surface area contributed by atoms with Crippen molar-refractivity contribution < 1.29 is 10.4 Å². The van der Waals surface area contributed by atoms with Gasteiger partial charge in [0.15, 0.2) is 0 Å². The van der Waals surface area contributed by atoms with E-state index in [4.69, 9.17) is 0 Å². The normalized spacial score (nSPS) is 22.3. The summed E-state index contributed by atoms with van der Waals surface area (Å²) in [5, 5.41) is 27.8. The second kappa shape index (κ2) is 13.2. The van der Waals surface area contributed by atoms with Crippen molar-refractivity contribution in [2.24, 2.45) is 0 Å². The number of hydrazine groups is 1. The van der Waals surface area contributed by atoms with E-state index in [0.29, 0.717) is 28.1 Å². The van der Waals surface area contributed by atoms with Gasteiger partial charge in [0, 0.05) is 24.0 Å². The van der Waals surface area contributed by atoms with Crippen LogP contribution in [0.1, 0.15) is 54.4 Å². The van der Waals surface area contributed by atoms with Gasteiger partial charge in [0.05, 0.1) is 5.70 Å². The van der Waals surface area contributed by atoms with Crippen molar-refractivity contribution in [1.82, 2.24) is 25.1 Å². The maximum Gasteiger partial charge on any atom is 0.117 e. The maximum atomic E-state index is 10.8. The highest BCUT2D eigenvalue weighted by atomic mass is 32.2. The van der Waals surface area contributed by atoms with Crippen molar-refractivity contribution in [3.05, 3.63) is 70.9 Å². The molecule has 0 bridgehead atoms. The number of hydrogen-bond donors (Lipinski definition) is 5. The predicted octanol–water partition coefficient (Wildman–Crippen LogP) is 4.92. The topological polar surface area (TPSA) is 83.0 Å². The second-order valence-corrected chi connectivity index (χ2v) is 8.43. The van der Waals surface area contributed by atoms with E-state index in [9.17, 15) is 10.4 Å². The molecule has 0 amide bonds. The van der Waals surface area contributed by atoms with Crippen molar-refractivity contribution >= 4 is 12.1 Å². The van der Waals surface area contributed by atoms with Crippen LogP contribution in [0.5, 0.6) is 0 Å². The van der Waals surface area contributed by atoms with Crippen LogP contribution < -0.4 is 16.1 Å². The van der Waals surface area contributed by atoms with Gasteiger partial charge in [0.1, 0.15) is 17.8 Å². The van der Waals surface area contributed by atoms with Crippen molar-refractivity contribution in [2.45, 2.75) is 60.4 Å². The lowest BCUT2D eigenvalue weighted by Crippen LogP contribution is -2.32. The summed E-state index contributed by atoms with van der Waals surface area (Å²) < 4.78 is 1.65. The van der Waals surface area contributed by atoms with Gasteiger partial charge >= 0.3 is 0 Å². The molecule has 0 aromatic carbocycles. The quantitative estimate of drug-likeness (QED) is 0.198. The molecular weight excluding hydrogens is 398 g/mol. The molecule has 7 nitrogen and oxygen atoms in total. The molecule has 30 heavy (non-hydrogen) atoms. The highest BCUT2D eigenvalue weighted by Gasteiger charge is 2.17. The Labute approximate surface area is 185 Å². The molecule has 8 heteroatoms. The summed E-state index contributed by atoms with van der Waals surface area (Å²) in [6, 6.07) is 0.164. The van der Waals surface area contributed by atoms with Gasteiger partial charge in [-0.25, -0.2) is 0 Å². The standard InChI is InChI=1S/C22H37N5O2S/c1-8-17(4)11-12-19(6)25-27(29)30-26(28)22-14-18(5)10-9-13-23-20(7)15-21(22)24-16(2)3/h8,11-12,14-16,23-25,28-29H,6,9-10,13H2,1-5,7H3/b12-11-,17-8+,18-14+,20-15+,22-21-. The van der Waals surface area contributed by atoms with Crippen LogP contribution in [0.4, 0.5) is 0 Å². The molecule has 0 aromatic heterocycles. The average Bonchev–Trinajstić information content (AvgIpc) is 2.66. The Bertz CT molecular complexity index is 738. The van der Waals surface area contributed by atoms with Crippen molar-refractivity contribution in [2.75, 3.05) is 6.54 Å².